The molecular weight excluding hydrogens is 330 g/mol. The Bertz CT molecular complexity index is 846. The van der Waals surface area contributed by atoms with Crippen LogP contribution in [-0.4, -0.2) is 23.0 Å². The van der Waals surface area contributed by atoms with Crippen LogP contribution in [0.2, 0.25) is 0 Å². The van der Waals surface area contributed by atoms with Crippen molar-refractivity contribution in [1.82, 2.24) is 5.32 Å². The van der Waals surface area contributed by atoms with Crippen LogP contribution in [0.25, 0.3) is 0 Å². The molecule has 0 aromatic heterocycles. The van der Waals surface area contributed by atoms with E-state index in [0.29, 0.717) is 11.1 Å². The second-order valence-electron chi connectivity index (χ2n) is 5.36. The fourth-order valence-electron chi connectivity index (χ4n) is 2.31. The first-order valence-electron chi connectivity index (χ1n) is 7.35. The molecular formula is C18H14F2N2O3. The van der Waals surface area contributed by atoms with E-state index >= 15 is 0 Å². The Labute approximate surface area is 142 Å². The van der Waals surface area contributed by atoms with Crippen LogP contribution >= 0.6 is 0 Å². The lowest BCUT2D eigenvalue weighted by atomic mass is 10.0. The van der Waals surface area contributed by atoms with Gasteiger partial charge in [0.2, 0.25) is 5.91 Å². The number of nitrogens with zero attached hydrogens (tertiary/aromatic N) is 1. The van der Waals surface area contributed by atoms with Gasteiger partial charge in [-0.05, 0) is 29.3 Å². The highest BCUT2D eigenvalue weighted by atomic mass is 19.2. The summed E-state index contributed by atoms with van der Waals surface area (Å²) in [5, 5.41) is 20.7. The Morgan fingerprint density at radius 2 is 1.88 bits per heavy atom. The van der Waals surface area contributed by atoms with Gasteiger partial charge < -0.3 is 10.4 Å². The second kappa shape index (κ2) is 8.02. The molecule has 0 saturated carbocycles. The van der Waals surface area contributed by atoms with Gasteiger partial charge in [0.15, 0.2) is 11.6 Å². The molecule has 5 nitrogen and oxygen atoms in total. The number of halogens is 2. The first kappa shape index (κ1) is 18.1. The fourth-order valence-corrected chi connectivity index (χ4v) is 2.31. The average molecular weight is 344 g/mol. The lowest BCUT2D eigenvalue weighted by molar-refractivity contribution is -0.141. The molecule has 0 fully saturated rings. The van der Waals surface area contributed by atoms with Crippen LogP contribution in [0.15, 0.2) is 42.5 Å². The van der Waals surface area contributed by atoms with Crippen molar-refractivity contribution in [3.05, 3.63) is 70.8 Å². The zero-order valence-corrected chi connectivity index (χ0v) is 13.0. The van der Waals surface area contributed by atoms with Crippen LogP contribution in [0, 0.1) is 23.0 Å². The number of rotatable bonds is 6. The van der Waals surface area contributed by atoms with Crippen molar-refractivity contribution in [2.45, 2.75) is 18.9 Å². The maximum absolute atomic E-state index is 13.2. The van der Waals surface area contributed by atoms with Gasteiger partial charge in [-0.3, -0.25) is 4.79 Å². The number of nitrogens with one attached hydrogen (secondary N) is 1. The van der Waals surface area contributed by atoms with Crippen molar-refractivity contribution >= 4 is 11.9 Å². The van der Waals surface area contributed by atoms with E-state index in [1.807, 2.05) is 6.07 Å². The topological polar surface area (TPSA) is 90.2 Å². The van der Waals surface area contributed by atoms with E-state index < -0.39 is 29.6 Å². The summed E-state index contributed by atoms with van der Waals surface area (Å²) in [5.74, 6) is -4.01. The number of carboxylic acid groups (broad SMARTS) is 1. The van der Waals surface area contributed by atoms with Crippen LogP contribution in [0.4, 0.5) is 8.78 Å². The number of amides is 1. The Morgan fingerprint density at radius 3 is 2.52 bits per heavy atom. The molecule has 0 bridgehead atoms. The first-order chi connectivity index (χ1) is 11.9. The van der Waals surface area contributed by atoms with E-state index in [1.165, 1.54) is 6.07 Å². The van der Waals surface area contributed by atoms with Crippen molar-refractivity contribution in [3.63, 3.8) is 0 Å². The summed E-state index contributed by atoms with van der Waals surface area (Å²) in [6.45, 7) is 0. The summed E-state index contributed by atoms with van der Waals surface area (Å²) in [7, 11) is 0. The van der Waals surface area contributed by atoms with E-state index in [0.717, 1.165) is 12.1 Å². The van der Waals surface area contributed by atoms with Crippen molar-refractivity contribution in [2.24, 2.45) is 0 Å². The number of carbonyl (C=O) groups is 2. The maximum atomic E-state index is 13.2. The maximum Gasteiger partial charge on any atom is 0.326 e. The number of carboxylic acids is 1. The second-order valence-corrected chi connectivity index (χ2v) is 5.36. The first-order valence-corrected chi connectivity index (χ1v) is 7.35. The van der Waals surface area contributed by atoms with Gasteiger partial charge in [-0.1, -0.05) is 24.3 Å². The molecule has 0 heterocycles. The van der Waals surface area contributed by atoms with Gasteiger partial charge in [-0.25, -0.2) is 13.6 Å². The predicted molar refractivity (Wildman–Crippen MR) is 84.5 cm³/mol. The smallest absolute Gasteiger partial charge is 0.326 e. The van der Waals surface area contributed by atoms with E-state index in [-0.39, 0.29) is 18.4 Å². The third-order valence-corrected chi connectivity index (χ3v) is 3.54. The number of hydrogen-bond acceptors (Lipinski definition) is 3. The molecule has 2 aromatic carbocycles. The van der Waals surface area contributed by atoms with Gasteiger partial charge in [-0.15, -0.1) is 0 Å². The number of hydrogen-bond donors (Lipinski definition) is 2. The molecule has 1 amide bonds. The molecule has 25 heavy (non-hydrogen) atoms. The summed E-state index contributed by atoms with van der Waals surface area (Å²) in [5.41, 5.74) is 1.03. The minimum atomic E-state index is -1.26. The SMILES string of the molecule is N#Cc1ccccc1C[C@H](NC(=O)Cc1ccc(F)c(F)c1)C(=O)O. The normalized spacial score (nSPS) is 11.4. The molecule has 2 N–H and O–H groups in total. The lowest BCUT2D eigenvalue weighted by Crippen LogP contribution is -2.43. The molecule has 0 radical (unpaired) electrons. The minimum Gasteiger partial charge on any atom is -0.480 e. The molecule has 2 rings (SSSR count). The molecule has 0 unspecified atom stereocenters. The summed E-state index contributed by atoms with van der Waals surface area (Å²) in [6, 6.07) is 10.2. The van der Waals surface area contributed by atoms with Crippen molar-refractivity contribution in [1.29, 1.82) is 5.26 Å². The number of benzene rings is 2. The molecule has 1 atom stereocenters. The largest absolute Gasteiger partial charge is 0.480 e. The van der Waals surface area contributed by atoms with Crippen LogP contribution in [0.3, 0.4) is 0 Å². The van der Waals surface area contributed by atoms with Crippen LogP contribution in [0.5, 0.6) is 0 Å². The number of carbonyl (C=O) groups excluding carboxylic acids is 1. The fraction of sp³-hybridized carbons (Fsp3) is 0.167. The molecule has 0 aliphatic rings. The monoisotopic (exact) mass is 344 g/mol. The Balaban J connectivity index is 2.08. The number of aliphatic carboxylic acids is 1. The molecule has 2 aromatic rings. The van der Waals surface area contributed by atoms with E-state index in [2.05, 4.69) is 5.32 Å². The highest BCUT2D eigenvalue weighted by Gasteiger charge is 2.22. The number of nitriles is 1. The molecule has 0 aliphatic heterocycles. The molecule has 7 heteroatoms. The molecule has 0 aliphatic carbocycles. The van der Waals surface area contributed by atoms with Crippen molar-refractivity contribution in [2.75, 3.05) is 0 Å². The molecule has 0 spiro atoms. The van der Waals surface area contributed by atoms with Gasteiger partial charge in [0.1, 0.15) is 6.04 Å². The molecule has 128 valence electrons. The summed E-state index contributed by atoms with van der Waals surface area (Å²) < 4.78 is 26.0. The van der Waals surface area contributed by atoms with Gasteiger partial charge in [0.25, 0.3) is 0 Å². The summed E-state index contributed by atoms with van der Waals surface area (Å²) >= 11 is 0. The quantitative estimate of drug-likeness (QED) is 0.840. The standard InChI is InChI=1S/C18H14F2N2O3/c19-14-6-5-11(7-15(14)20)8-17(23)22-16(18(24)25)9-12-3-1-2-4-13(12)10-21/h1-7,16H,8-9H2,(H,22,23)(H,24,25)/t16-/m0/s1. The van der Waals surface area contributed by atoms with Crippen LogP contribution < -0.4 is 5.32 Å². The van der Waals surface area contributed by atoms with E-state index in [4.69, 9.17) is 5.26 Å². The van der Waals surface area contributed by atoms with Crippen LogP contribution in [0.1, 0.15) is 16.7 Å². The average Bonchev–Trinajstić information content (AvgIpc) is 2.58. The van der Waals surface area contributed by atoms with Gasteiger partial charge >= 0.3 is 5.97 Å². The molecule has 0 saturated heterocycles. The Morgan fingerprint density at radius 1 is 1.16 bits per heavy atom. The Hall–Kier alpha value is -3.27. The van der Waals surface area contributed by atoms with Gasteiger partial charge in [0.05, 0.1) is 18.1 Å². The highest BCUT2D eigenvalue weighted by molar-refractivity contribution is 5.85. The third-order valence-electron chi connectivity index (χ3n) is 3.54. The summed E-state index contributed by atoms with van der Waals surface area (Å²) in [6.07, 6.45) is -0.358. The summed E-state index contributed by atoms with van der Waals surface area (Å²) in [4.78, 5) is 23.4. The van der Waals surface area contributed by atoms with Crippen molar-refractivity contribution < 1.29 is 23.5 Å². The van der Waals surface area contributed by atoms with Crippen LogP contribution in [-0.2, 0) is 22.4 Å². The van der Waals surface area contributed by atoms with Gasteiger partial charge in [0, 0.05) is 6.42 Å². The Kier molecular flexibility index (Phi) is 5.79. The zero-order valence-electron chi connectivity index (χ0n) is 13.0. The third kappa shape index (κ3) is 4.85. The van der Waals surface area contributed by atoms with Gasteiger partial charge in [-0.2, -0.15) is 5.26 Å². The predicted octanol–water partition coefficient (Wildman–Crippen LogP) is 2.19. The van der Waals surface area contributed by atoms with E-state index in [9.17, 15) is 23.5 Å². The van der Waals surface area contributed by atoms with Crippen molar-refractivity contribution in [3.8, 4) is 6.07 Å². The zero-order chi connectivity index (χ0) is 18.4. The highest BCUT2D eigenvalue weighted by Crippen LogP contribution is 2.12. The minimum absolute atomic E-state index is 0.0669. The van der Waals surface area contributed by atoms with E-state index in [1.54, 1.807) is 24.3 Å². The lowest BCUT2D eigenvalue weighted by Gasteiger charge is -2.15.